The highest BCUT2D eigenvalue weighted by atomic mass is 35.5. The standard InChI is InChI=1S/C16H22ClN3S/c1-18-14(15-7-8-16(17)21-15)11-12-9-10-20(19-12)13-5-3-2-4-6-13/h7-10,13-14,18H,2-6,11H2,1H3. The maximum absolute atomic E-state index is 6.04. The van der Waals surface area contributed by atoms with Gasteiger partial charge in [-0.2, -0.15) is 5.10 Å². The average Bonchev–Trinajstić information content (AvgIpc) is 3.15. The molecular weight excluding hydrogens is 302 g/mol. The molecule has 3 nitrogen and oxygen atoms in total. The third-order valence-corrected chi connectivity index (χ3v) is 5.66. The second-order valence-electron chi connectivity index (χ2n) is 5.77. The predicted molar refractivity (Wildman–Crippen MR) is 89.2 cm³/mol. The highest BCUT2D eigenvalue weighted by Crippen LogP contribution is 2.30. The van der Waals surface area contributed by atoms with Crippen LogP contribution in [0.15, 0.2) is 24.4 Å². The molecule has 1 N–H and O–H groups in total. The Morgan fingerprint density at radius 3 is 2.81 bits per heavy atom. The van der Waals surface area contributed by atoms with E-state index in [1.807, 2.05) is 13.1 Å². The summed E-state index contributed by atoms with van der Waals surface area (Å²) in [6, 6.07) is 7.13. The van der Waals surface area contributed by atoms with Crippen LogP contribution in [0, 0.1) is 0 Å². The monoisotopic (exact) mass is 323 g/mol. The molecule has 0 aromatic carbocycles. The first-order valence-electron chi connectivity index (χ1n) is 7.73. The molecule has 3 rings (SSSR count). The largest absolute Gasteiger partial charge is 0.312 e. The van der Waals surface area contributed by atoms with Crippen molar-refractivity contribution in [2.45, 2.75) is 50.6 Å². The minimum Gasteiger partial charge on any atom is -0.312 e. The van der Waals surface area contributed by atoms with Crippen LogP contribution in [0.25, 0.3) is 0 Å². The van der Waals surface area contributed by atoms with Gasteiger partial charge in [-0.25, -0.2) is 0 Å². The highest BCUT2D eigenvalue weighted by Gasteiger charge is 2.18. The zero-order chi connectivity index (χ0) is 14.7. The number of likely N-dealkylation sites (N-methyl/N-ethyl adjacent to an activating group) is 1. The average molecular weight is 324 g/mol. The van der Waals surface area contributed by atoms with E-state index >= 15 is 0 Å². The van der Waals surface area contributed by atoms with Crippen molar-refractivity contribution in [1.29, 1.82) is 0 Å². The zero-order valence-corrected chi connectivity index (χ0v) is 14.0. The van der Waals surface area contributed by atoms with Crippen LogP contribution in [-0.4, -0.2) is 16.8 Å². The smallest absolute Gasteiger partial charge is 0.0931 e. The lowest BCUT2D eigenvalue weighted by Crippen LogP contribution is -2.18. The van der Waals surface area contributed by atoms with Crippen LogP contribution >= 0.6 is 22.9 Å². The number of nitrogens with zero attached hydrogens (tertiary/aromatic N) is 2. The SMILES string of the molecule is CNC(Cc1ccn(C2CCCCC2)n1)c1ccc(Cl)s1. The van der Waals surface area contributed by atoms with E-state index in [2.05, 4.69) is 28.3 Å². The minimum absolute atomic E-state index is 0.289. The maximum Gasteiger partial charge on any atom is 0.0931 e. The van der Waals surface area contributed by atoms with Crippen molar-refractivity contribution in [1.82, 2.24) is 15.1 Å². The molecule has 114 valence electrons. The van der Waals surface area contributed by atoms with Crippen LogP contribution in [0.2, 0.25) is 4.34 Å². The third-order valence-electron chi connectivity index (χ3n) is 4.31. The lowest BCUT2D eigenvalue weighted by atomic mass is 9.96. The first kappa shape index (κ1) is 15.1. The van der Waals surface area contributed by atoms with Crippen molar-refractivity contribution in [3.63, 3.8) is 0 Å². The van der Waals surface area contributed by atoms with E-state index in [4.69, 9.17) is 16.7 Å². The molecule has 0 saturated heterocycles. The van der Waals surface area contributed by atoms with Crippen molar-refractivity contribution in [3.8, 4) is 0 Å². The summed E-state index contributed by atoms with van der Waals surface area (Å²) < 4.78 is 3.03. The topological polar surface area (TPSA) is 29.9 Å². The molecule has 1 unspecified atom stereocenters. The molecule has 5 heteroatoms. The Bertz CT molecular complexity index is 572. The minimum atomic E-state index is 0.289. The first-order chi connectivity index (χ1) is 10.3. The molecule has 0 amide bonds. The van der Waals surface area contributed by atoms with Gasteiger partial charge < -0.3 is 5.32 Å². The Morgan fingerprint density at radius 1 is 1.33 bits per heavy atom. The Hall–Kier alpha value is -0.840. The van der Waals surface area contributed by atoms with Gasteiger partial charge in [-0.3, -0.25) is 4.68 Å². The van der Waals surface area contributed by atoms with E-state index in [0.29, 0.717) is 6.04 Å². The van der Waals surface area contributed by atoms with Crippen LogP contribution in [-0.2, 0) is 6.42 Å². The summed E-state index contributed by atoms with van der Waals surface area (Å²) in [7, 11) is 2.00. The summed E-state index contributed by atoms with van der Waals surface area (Å²) in [6.07, 6.45) is 9.67. The molecule has 1 aliphatic carbocycles. The molecule has 2 aromatic rings. The molecule has 21 heavy (non-hydrogen) atoms. The van der Waals surface area contributed by atoms with E-state index in [1.54, 1.807) is 11.3 Å². The van der Waals surface area contributed by atoms with Gasteiger partial charge in [-0.1, -0.05) is 30.9 Å². The normalized spacial score (nSPS) is 18.0. The van der Waals surface area contributed by atoms with Gasteiger partial charge in [0.05, 0.1) is 16.1 Å². The summed E-state index contributed by atoms with van der Waals surface area (Å²) in [4.78, 5) is 1.27. The number of rotatable bonds is 5. The fourth-order valence-corrected chi connectivity index (χ4v) is 4.28. The van der Waals surface area contributed by atoms with Crippen LogP contribution in [0.4, 0.5) is 0 Å². The Labute approximate surface area is 135 Å². The van der Waals surface area contributed by atoms with Gasteiger partial charge in [0.1, 0.15) is 0 Å². The Kier molecular flexibility index (Phi) is 4.99. The van der Waals surface area contributed by atoms with Gasteiger partial charge in [-0.05, 0) is 38.1 Å². The van der Waals surface area contributed by atoms with E-state index in [9.17, 15) is 0 Å². The molecule has 2 aromatic heterocycles. The molecule has 0 bridgehead atoms. The van der Waals surface area contributed by atoms with E-state index < -0.39 is 0 Å². The van der Waals surface area contributed by atoms with Gasteiger partial charge in [0.25, 0.3) is 0 Å². The van der Waals surface area contributed by atoms with Crippen LogP contribution in [0.1, 0.15) is 54.8 Å². The molecule has 1 aliphatic rings. The second-order valence-corrected chi connectivity index (χ2v) is 7.51. The summed E-state index contributed by atoms with van der Waals surface area (Å²) in [5.74, 6) is 0. The zero-order valence-electron chi connectivity index (χ0n) is 12.4. The molecule has 2 heterocycles. The Balaban J connectivity index is 1.68. The van der Waals surface area contributed by atoms with E-state index in [1.165, 1.54) is 37.0 Å². The van der Waals surface area contributed by atoms with Crippen molar-refractivity contribution in [2.24, 2.45) is 0 Å². The molecule has 1 atom stereocenters. The molecule has 0 radical (unpaired) electrons. The van der Waals surface area contributed by atoms with E-state index in [0.717, 1.165) is 16.5 Å². The highest BCUT2D eigenvalue weighted by molar-refractivity contribution is 7.16. The number of nitrogens with one attached hydrogen (secondary N) is 1. The second kappa shape index (κ2) is 6.95. The van der Waals surface area contributed by atoms with Gasteiger partial charge in [0.2, 0.25) is 0 Å². The lowest BCUT2D eigenvalue weighted by molar-refractivity contribution is 0.327. The van der Waals surface area contributed by atoms with Gasteiger partial charge in [0, 0.05) is 23.5 Å². The molecule has 1 fully saturated rings. The quantitative estimate of drug-likeness (QED) is 0.871. The van der Waals surface area contributed by atoms with Crippen LogP contribution in [0.3, 0.4) is 0 Å². The molecule has 0 aliphatic heterocycles. The van der Waals surface area contributed by atoms with Gasteiger partial charge in [0.15, 0.2) is 0 Å². The van der Waals surface area contributed by atoms with Crippen molar-refractivity contribution >= 4 is 22.9 Å². The summed E-state index contributed by atoms with van der Waals surface area (Å²) in [6.45, 7) is 0. The Morgan fingerprint density at radius 2 is 2.14 bits per heavy atom. The van der Waals surface area contributed by atoms with Crippen molar-refractivity contribution < 1.29 is 0 Å². The summed E-state index contributed by atoms with van der Waals surface area (Å²) >= 11 is 7.68. The number of thiophene rings is 1. The summed E-state index contributed by atoms with van der Waals surface area (Å²) in [5, 5.41) is 8.17. The maximum atomic E-state index is 6.04. The van der Waals surface area contributed by atoms with Crippen molar-refractivity contribution in [2.75, 3.05) is 7.05 Å². The van der Waals surface area contributed by atoms with E-state index in [-0.39, 0.29) is 6.04 Å². The number of aromatic nitrogens is 2. The van der Waals surface area contributed by atoms with Crippen LogP contribution in [0.5, 0.6) is 0 Å². The fourth-order valence-electron chi connectivity index (χ4n) is 3.10. The van der Waals surface area contributed by atoms with Crippen LogP contribution < -0.4 is 5.32 Å². The van der Waals surface area contributed by atoms with Gasteiger partial charge in [-0.15, -0.1) is 11.3 Å². The predicted octanol–water partition coefficient (Wildman–Crippen LogP) is 4.61. The molecule has 1 saturated carbocycles. The molecule has 0 spiro atoms. The van der Waals surface area contributed by atoms with Gasteiger partial charge >= 0.3 is 0 Å². The third kappa shape index (κ3) is 3.68. The lowest BCUT2D eigenvalue weighted by Gasteiger charge is -2.22. The number of halogens is 1. The number of hydrogen-bond acceptors (Lipinski definition) is 3. The first-order valence-corrected chi connectivity index (χ1v) is 8.92. The summed E-state index contributed by atoms with van der Waals surface area (Å²) in [5.41, 5.74) is 1.16. The molecular formula is C16H22ClN3S. The van der Waals surface area contributed by atoms with Crippen molar-refractivity contribution in [3.05, 3.63) is 39.3 Å². The number of hydrogen-bond donors (Lipinski definition) is 1. The fraction of sp³-hybridized carbons (Fsp3) is 0.562.